The molecule has 0 saturated carbocycles. The lowest BCUT2D eigenvalue weighted by Crippen LogP contribution is -2.31. The highest BCUT2D eigenvalue weighted by Crippen LogP contribution is 2.34. The second-order valence-corrected chi connectivity index (χ2v) is 4.80. The molecular weight excluding hydrogens is 268 g/mol. The fourth-order valence-corrected chi connectivity index (χ4v) is 2.15. The molecule has 3 rings (SSSR count). The Morgan fingerprint density at radius 2 is 1.86 bits per heavy atom. The smallest absolute Gasteiger partial charge is 0.319 e. The molecule has 0 aliphatic carbocycles. The van der Waals surface area contributed by atoms with E-state index in [0.717, 1.165) is 17.0 Å². The first kappa shape index (κ1) is 13.3. The van der Waals surface area contributed by atoms with Crippen LogP contribution in [0.4, 0.5) is 10.5 Å². The van der Waals surface area contributed by atoms with Crippen LogP contribution in [0.25, 0.3) is 0 Å². The summed E-state index contributed by atoms with van der Waals surface area (Å²) in [6.07, 6.45) is 0. The summed E-state index contributed by atoms with van der Waals surface area (Å²) in [4.78, 5) is 12.0. The highest BCUT2D eigenvalue weighted by atomic mass is 16.7. The number of para-hydroxylation sites is 1. The van der Waals surface area contributed by atoms with Crippen LogP contribution < -0.4 is 20.1 Å². The lowest BCUT2D eigenvalue weighted by atomic mass is 10.1. The summed E-state index contributed by atoms with van der Waals surface area (Å²) in [6, 6.07) is 14.6. The van der Waals surface area contributed by atoms with Crippen molar-refractivity contribution in [3.8, 4) is 11.5 Å². The SMILES string of the molecule is CC(NC(=O)Nc1ccccc1)c1ccc2c(c1)OCO2. The average Bonchev–Trinajstić information content (AvgIpc) is 2.95. The number of urea groups is 1. The molecule has 0 fully saturated rings. The fraction of sp³-hybridized carbons (Fsp3) is 0.188. The lowest BCUT2D eigenvalue weighted by Gasteiger charge is -2.15. The molecular formula is C16H16N2O3. The zero-order chi connectivity index (χ0) is 14.7. The van der Waals surface area contributed by atoms with Crippen molar-refractivity contribution < 1.29 is 14.3 Å². The fourth-order valence-electron chi connectivity index (χ4n) is 2.15. The van der Waals surface area contributed by atoms with Crippen molar-refractivity contribution >= 4 is 11.7 Å². The van der Waals surface area contributed by atoms with E-state index in [2.05, 4.69) is 10.6 Å². The maximum Gasteiger partial charge on any atom is 0.319 e. The normalized spacial score (nSPS) is 13.6. The Hall–Kier alpha value is -2.69. The number of anilines is 1. The molecule has 2 aromatic carbocycles. The summed E-state index contributed by atoms with van der Waals surface area (Å²) in [5, 5.41) is 5.68. The average molecular weight is 284 g/mol. The molecule has 1 unspecified atom stereocenters. The summed E-state index contributed by atoms with van der Waals surface area (Å²) in [5.41, 5.74) is 1.72. The summed E-state index contributed by atoms with van der Waals surface area (Å²) < 4.78 is 10.6. The van der Waals surface area contributed by atoms with Gasteiger partial charge in [0.15, 0.2) is 11.5 Å². The van der Waals surface area contributed by atoms with E-state index in [-0.39, 0.29) is 18.9 Å². The highest BCUT2D eigenvalue weighted by Gasteiger charge is 2.16. The van der Waals surface area contributed by atoms with Gasteiger partial charge < -0.3 is 20.1 Å². The molecule has 1 atom stereocenters. The molecule has 0 bridgehead atoms. The molecule has 1 heterocycles. The van der Waals surface area contributed by atoms with Gasteiger partial charge in [0.2, 0.25) is 6.79 Å². The number of hydrogen-bond acceptors (Lipinski definition) is 3. The van der Waals surface area contributed by atoms with Gasteiger partial charge in [-0.05, 0) is 36.8 Å². The van der Waals surface area contributed by atoms with Gasteiger partial charge in [0.25, 0.3) is 0 Å². The van der Waals surface area contributed by atoms with Crippen LogP contribution in [0.5, 0.6) is 11.5 Å². The van der Waals surface area contributed by atoms with E-state index >= 15 is 0 Å². The predicted octanol–water partition coefficient (Wildman–Crippen LogP) is 3.30. The van der Waals surface area contributed by atoms with Gasteiger partial charge in [-0.15, -0.1) is 0 Å². The number of benzene rings is 2. The third kappa shape index (κ3) is 3.08. The number of nitrogens with one attached hydrogen (secondary N) is 2. The number of hydrogen-bond donors (Lipinski definition) is 2. The maximum absolute atomic E-state index is 12.0. The number of carbonyl (C=O) groups excluding carboxylic acids is 1. The monoisotopic (exact) mass is 284 g/mol. The van der Waals surface area contributed by atoms with Gasteiger partial charge >= 0.3 is 6.03 Å². The van der Waals surface area contributed by atoms with Crippen molar-refractivity contribution in [1.29, 1.82) is 0 Å². The molecule has 1 aliphatic heterocycles. The second kappa shape index (κ2) is 5.75. The molecule has 0 saturated heterocycles. The molecule has 5 nitrogen and oxygen atoms in total. The lowest BCUT2D eigenvalue weighted by molar-refractivity contribution is 0.174. The quantitative estimate of drug-likeness (QED) is 0.909. The molecule has 1 aliphatic rings. The summed E-state index contributed by atoms with van der Waals surface area (Å²) in [7, 11) is 0. The first-order chi connectivity index (χ1) is 10.2. The van der Waals surface area contributed by atoms with Gasteiger partial charge in [-0.25, -0.2) is 4.79 Å². The Morgan fingerprint density at radius 1 is 1.10 bits per heavy atom. The van der Waals surface area contributed by atoms with Crippen LogP contribution in [-0.2, 0) is 0 Å². The minimum Gasteiger partial charge on any atom is -0.454 e. The number of ether oxygens (including phenoxy) is 2. The summed E-state index contributed by atoms with van der Waals surface area (Å²) in [5.74, 6) is 1.45. The Balaban J connectivity index is 1.63. The van der Waals surface area contributed by atoms with Gasteiger partial charge in [-0.2, -0.15) is 0 Å². The molecule has 2 amide bonds. The number of carbonyl (C=O) groups is 1. The molecule has 0 aromatic heterocycles. The van der Waals surface area contributed by atoms with E-state index in [1.165, 1.54) is 0 Å². The summed E-state index contributed by atoms with van der Waals surface area (Å²) >= 11 is 0. The first-order valence-electron chi connectivity index (χ1n) is 6.74. The molecule has 108 valence electrons. The van der Waals surface area contributed by atoms with E-state index in [4.69, 9.17) is 9.47 Å². The Bertz CT molecular complexity index is 643. The molecule has 2 N–H and O–H groups in total. The second-order valence-electron chi connectivity index (χ2n) is 4.80. The highest BCUT2D eigenvalue weighted by molar-refractivity contribution is 5.89. The zero-order valence-electron chi connectivity index (χ0n) is 11.6. The van der Waals surface area contributed by atoms with Crippen molar-refractivity contribution in [2.45, 2.75) is 13.0 Å². The third-order valence-electron chi connectivity index (χ3n) is 3.28. The predicted molar refractivity (Wildman–Crippen MR) is 79.6 cm³/mol. The van der Waals surface area contributed by atoms with Gasteiger partial charge in [-0.3, -0.25) is 0 Å². The standard InChI is InChI=1S/C16H16N2O3/c1-11(12-7-8-14-15(9-12)21-10-20-14)17-16(19)18-13-5-3-2-4-6-13/h2-9,11H,10H2,1H3,(H2,17,18,19). The van der Waals surface area contributed by atoms with E-state index < -0.39 is 0 Å². The van der Waals surface area contributed by atoms with Crippen LogP contribution in [0.1, 0.15) is 18.5 Å². The minimum absolute atomic E-state index is 0.136. The molecule has 0 spiro atoms. The van der Waals surface area contributed by atoms with Gasteiger partial charge in [0.05, 0.1) is 6.04 Å². The van der Waals surface area contributed by atoms with Crippen molar-refractivity contribution in [1.82, 2.24) is 5.32 Å². The molecule has 5 heteroatoms. The van der Waals surface area contributed by atoms with Crippen molar-refractivity contribution in [2.24, 2.45) is 0 Å². The van der Waals surface area contributed by atoms with Gasteiger partial charge in [0.1, 0.15) is 0 Å². The Morgan fingerprint density at radius 3 is 2.67 bits per heavy atom. The molecule has 0 radical (unpaired) electrons. The van der Waals surface area contributed by atoms with Crippen LogP contribution in [-0.4, -0.2) is 12.8 Å². The maximum atomic E-state index is 12.0. The number of rotatable bonds is 3. The Labute approximate surface area is 122 Å². The van der Waals surface area contributed by atoms with E-state index in [9.17, 15) is 4.79 Å². The van der Waals surface area contributed by atoms with Crippen molar-refractivity contribution in [3.05, 3.63) is 54.1 Å². The third-order valence-corrected chi connectivity index (χ3v) is 3.28. The first-order valence-corrected chi connectivity index (χ1v) is 6.74. The van der Waals surface area contributed by atoms with Crippen molar-refractivity contribution in [2.75, 3.05) is 12.1 Å². The van der Waals surface area contributed by atoms with Crippen LogP contribution in [0.2, 0.25) is 0 Å². The largest absolute Gasteiger partial charge is 0.454 e. The van der Waals surface area contributed by atoms with Crippen LogP contribution in [0.15, 0.2) is 48.5 Å². The van der Waals surface area contributed by atoms with E-state index in [1.54, 1.807) is 0 Å². The van der Waals surface area contributed by atoms with Crippen molar-refractivity contribution in [3.63, 3.8) is 0 Å². The van der Waals surface area contributed by atoms with Gasteiger partial charge in [0, 0.05) is 5.69 Å². The molecule has 21 heavy (non-hydrogen) atoms. The van der Waals surface area contributed by atoms with Gasteiger partial charge in [-0.1, -0.05) is 24.3 Å². The zero-order valence-corrected chi connectivity index (χ0v) is 11.6. The van der Waals surface area contributed by atoms with Crippen LogP contribution in [0, 0.1) is 0 Å². The number of amides is 2. The Kier molecular flexibility index (Phi) is 3.64. The topological polar surface area (TPSA) is 59.6 Å². The minimum atomic E-state index is -0.244. The summed E-state index contributed by atoms with van der Waals surface area (Å²) in [6.45, 7) is 2.16. The molecule has 2 aromatic rings. The van der Waals surface area contributed by atoms with E-state index in [1.807, 2.05) is 55.5 Å². The van der Waals surface area contributed by atoms with E-state index in [0.29, 0.717) is 5.75 Å². The number of fused-ring (bicyclic) bond motifs is 1. The van der Waals surface area contributed by atoms with Crippen LogP contribution in [0.3, 0.4) is 0 Å². The van der Waals surface area contributed by atoms with Crippen LogP contribution >= 0.6 is 0 Å².